The van der Waals surface area contributed by atoms with E-state index in [1.54, 1.807) is 0 Å². The van der Waals surface area contributed by atoms with Crippen molar-refractivity contribution in [1.29, 1.82) is 0 Å². The van der Waals surface area contributed by atoms with Crippen LogP contribution in [0.25, 0.3) is 0 Å². The number of rotatable bonds is 5. The number of hydrogen-bond donors (Lipinski definition) is 0. The molecule has 0 N–H and O–H groups in total. The zero-order chi connectivity index (χ0) is 17.1. The fourth-order valence-electron chi connectivity index (χ4n) is 4.04. The van der Waals surface area contributed by atoms with E-state index < -0.39 is 0 Å². The summed E-state index contributed by atoms with van der Waals surface area (Å²) in [5, 5.41) is 0. The van der Waals surface area contributed by atoms with Crippen molar-refractivity contribution in [3.63, 3.8) is 0 Å². The Labute approximate surface area is 145 Å². The van der Waals surface area contributed by atoms with E-state index in [-0.39, 0.29) is 12.0 Å². The van der Waals surface area contributed by atoms with Gasteiger partial charge < -0.3 is 14.5 Å². The molecular formula is C20H30N2O2. The third-order valence-corrected chi connectivity index (χ3v) is 5.37. The highest BCUT2D eigenvalue weighted by atomic mass is 16.5. The van der Waals surface area contributed by atoms with Gasteiger partial charge in [-0.25, -0.2) is 0 Å². The SMILES string of the molecule is CC(C)OCc1ccc(C(=O)N2CCC[C@H]2[C@@H]2CCCN2C)cc1. The van der Waals surface area contributed by atoms with Crippen LogP contribution in [0.15, 0.2) is 24.3 Å². The number of likely N-dealkylation sites (tertiary alicyclic amines) is 2. The van der Waals surface area contributed by atoms with E-state index in [4.69, 9.17) is 4.74 Å². The van der Waals surface area contributed by atoms with Crippen molar-refractivity contribution in [1.82, 2.24) is 9.80 Å². The third-order valence-electron chi connectivity index (χ3n) is 5.37. The highest BCUT2D eigenvalue weighted by Crippen LogP contribution is 2.30. The molecule has 2 aliphatic heterocycles. The molecule has 24 heavy (non-hydrogen) atoms. The lowest BCUT2D eigenvalue weighted by Gasteiger charge is -2.33. The largest absolute Gasteiger partial charge is 0.374 e. The number of likely N-dealkylation sites (N-methyl/N-ethyl adjacent to an activating group) is 1. The van der Waals surface area contributed by atoms with E-state index in [0.717, 1.165) is 37.1 Å². The first-order valence-electron chi connectivity index (χ1n) is 9.28. The molecule has 0 unspecified atom stereocenters. The Morgan fingerprint density at radius 3 is 2.42 bits per heavy atom. The topological polar surface area (TPSA) is 32.8 Å². The van der Waals surface area contributed by atoms with Crippen molar-refractivity contribution in [2.24, 2.45) is 0 Å². The van der Waals surface area contributed by atoms with E-state index in [0.29, 0.717) is 18.7 Å². The van der Waals surface area contributed by atoms with Crippen molar-refractivity contribution < 1.29 is 9.53 Å². The first-order chi connectivity index (χ1) is 11.6. The molecule has 2 atom stereocenters. The second kappa shape index (κ2) is 7.66. The summed E-state index contributed by atoms with van der Waals surface area (Å²) < 4.78 is 5.62. The normalized spacial score (nSPS) is 24.9. The Kier molecular flexibility index (Phi) is 5.57. The summed E-state index contributed by atoms with van der Waals surface area (Å²) in [5.41, 5.74) is 1.92. The molecule has 0 bridgehead atoms. The molecule has 0 saturated carbocycles. The molecule has 132 valence electrons. The zero-order valence-electron chi connectivity index (χ0n) is 15.2. The maximum absolute atomic E-state index is 13.0. The van der Waals surface area contributed by atoms with Crippen LogP contribution in [0.1, 0.15) is 55.5 Å². The van der Waals surface area contributed by atoms with Gasteiger partial charge in [0, 0.05) is 24.2 Å². The second-order valence-electron chi connectivity index (χ2n) is 7.45. The van der Waals surface area contributed by atoms with Crippen LogP contribution in [-0.4, -0.2) is 54.0 Å². The van der Waals surface area contributed by atoms with Gasteiger partial charge in [0.15, 0.2) is 0 Å². The summed E-state index contributed by atoms with van der Waals surface area (Å²) >= 11 is 0. The summed E-state index contributed by atoms with van der Waals surface area (Å²) in [6.45, 7) is 6.72. The van der Waals surface area contributed by atoms with Crippen molar-refractivity contribution in [3.8, 4) is 0 Å². The molecule has 2 saturated heterocycles. The monoisotopic (exact) mass is 330 g/mol. The Bertz CT molecular complexity index is 555. The summed E-state index contributed by atoms with van der Waals surface area (Å²) in [5.74, 6) is 0.189. The lowest BCUT2D eigenvalue weighted by atomic mass is 10.0. The fraction of sp³-hybridized carbons (Fsp3) is 0.650. The molecule has 0 aromatic heterocycles. The van der Waals surface area contributed by atoms with Crippen LogP contribution in [0.5, 0.6) is 0 Å². The fourth-order valence-corrected chi connectivity index (χ4v) is 4.04. The van der Waals surface area contributed by atoms with Crippen LogP contribution in [-0.2, 0) is 11.3 Å². The molecule has 3 rings (SSSR count). The maximum atomic E-state index is 13.0. The number of amides is 1. The van der Waals surface area contributed by atoms with E-state index in [9.17, 15) is 4.79 Å². The number of carbonyl (C=O) groups excluding carboxylic acids is 1. The van der Waals surface area contributed by atoms with Gasteiger partial charge in [-0.05, 0) is 70.8 Å². The first kappa shape index (κ1) is 17.4. The molecule has 1 aromatic rings. The Morgan fingerprint density at radius 1 is 1.12 bits per heavy atom. The van der Waals surface area contributed by atoms with Crippen molar-refractivity contribution >= 4 is 5.91 Å². The quantitative estimate of drug-likeness (QED) is 0.830. The minimum Gasteiger partial charge on any atom is -0.374 e. The predicted octanol–water partition coefficient (Wildman–Crippen LogP) is 3.31. The van der Waals surface area contributed by atoms with Crippen LogP contribution in [0, 0.1) is 0 Å². The van der Waals surface area contributed by atoms with Crippen molar-refractivity contribution in [2.45, 2.75) is 64.3 Å². The van der Waals surface area contributed by atoms with Gasteiger partial charge in [0.2, 0.25) is 0 Å². The smallest absolute Gasteiger partial charge is 0.254 e. The van der Waals surface area contributed by atoms with Gasteiger partial charge in [0.25, 0.3) is 5.91 Å². The molecule has 1 aromatic carbocycles. The van der Waals surface area contributed by atoms with Crippen molar-refractivity contribution in [2.75, 3.05) is 20.1 Å². The van der Waals surface area contributed by atoms with Crippen molar-refractivity contribution in [3.05, 3.63) is 35.4 Å². The van der Waals surface area contributed by atoms with Crippen LogP contribution in [0.3, 0.4) is 0 Å². The molecule has 0 spiro atoms. The van der Waals surface area contributed by atoms with Gasteiger partial charge in [0.1, 0.15) is 0 Å². The van der Waals surface area contributed by atoms with Gasteiger partial charge in [-0.1, -0.05) is 12.1 Å². The Balaban J connectivity index is 1.66. The minimum absolute atomic E-state index is 0.189. The number of benzene rings is 1. The molecule has 0 aliphatic carbocycles. The number of nitrogens with zero attached hydrogens (tertiary/aromatic N) is 2. The summed E-state index contributed by atoms with van der Waals surface area (Å²) in [4.78, 5) is 17.5. The minimum atomic E-state index is 0.189. The van der Waals surface area contributed by atoms with E-state index in [1.165, 1.54) is 12.8 Å². The van der Waals surface area contributed by atoms with Gasteiger partial charge in [-0.2, -0.15) is 0 Å². The van der Waals surface area contributed by atoms with E-state index in [2.05, 4.69) is 16.8 Å². The predicted molar refractivity (Wildman–Crippen MR) is 96.1 cm³/mol. The van der Waals surface area contributed by atoms with Gasteiger partial charge in [0.05, 0.1) is 12.7 Å². The molecule has 4 nitrogen and oxygen atoms in total. The van der Waals surface area contributed by atoms with E-state index in [1.807, 2.05) is 38.1 Å². The highest BCUT2D eigenvalue weighted by Gasteiger charge is 2.38. The molecule has 4 heteroatoms. The van der Waals surface area contributed by atoms with Crippen LogP contribution < -0.4 is 0 Å². The van der Waals surface area contributed by atoms with Gasteiger partial charge in [-0.3, -0.25) is 4.79 Å². The third kappa shape index (κ3) is 3.81. The van der Waals surface area contributed by atoms with Crippen LogP contribution >= 0.6 is 0 Å². The zero-order valence-corrected chi connectivity index (χ0v) is 15.2. The first-order valence-corrected chi connectivity index (χ1v) is 9.28. The standard InChI is InChI=1S/C20H30N2O2/c1-15(2)24-14-16-8-10-17(11-9-16)20(23)22-13-5-7-19(22)18-6-4-12-21(18)3/h8-11,15,18-19H,4-7,12-14H2,1-3H3/t18-,19-/m0/s1. The Hall–Kier alpha value is -1.39. The molecule has 2 aliphatic rings. The molecular weight excluding hydrogens is 300 g/mol. The van der Waals surface area contributed by atoms with Crippen LogP contribution in [0.2, 0.25) is 0 Å². The molecule has 2 fully saturated rings. The lowest BCUT2D eigenvalue weighted by molar-refractivity contribution is 0.0648. The maximum Gasteiger partial charge on any atom is 0.254 e. The summed E-state index contributed by atoms with van der Waals surface area (Å²) in [6, 6.07) is 8.86. The van der Waals surface area contributed by atoms with Gasteiger partial charge >= 0.3 is 0 Å². The summed E-state index contributed by atoms with van der Waals surface area (Å²) in [6.07, 6.45) is 4.96. The van der Waals surface area contributed by atoms with Gasteiger partial charge in [-0.15, -0.1) is 0 Å². The summed E-state index contributed by atoms with van der Waals surface area (Å²) in [7, 11) is 2.20. The van der Waals surface area contributed by atoms with E-state index >= 15 is 0 Å². The average Bonchev–Trinajstić information content (AvgIpc) is 3.21. The molecule has 1 amide bonds. The van der Waals surface area contributed by atoms with Crippen LogP contribution in [0.4, 0.5) is 0 Å². The average molecular weight is 330 g/mol. The Morgan fingerprint density at radius 2 is 1.79 bits per heavy atom. The highest BCUT2D eigenvalue weighted by molar-refractivity contribution is 5.94. The molecule has 0 radical (unpaired) electrons. The number of hydrogen-bond acceptors (Lipinski definition) is 3. The second-order valence-corrected chi connectivity index (χ2v) is 7.45. The number of carbonyl (C=O) groups is 1. The number of ether oxygens (including phenoxy) is 1. The molecule has 2 heterocycles. The lowest BCUT2D eigenvalue weighted by Crippen LogP contribution is -2.47.